The molecule has 94 valence electrons. The van der Waals surface area contributed by atoms with E-state index in [2.05, 4.69) is 35.8 Å². The Morgan fingerprint density at radius 1 is 1.56 bits per heavy atom. The molecular formula is C11H23N3O2. The minimum atomic E-state index is -0.702. The van der Waals surface area contributed by atoms with Crippen molar-refractivity contribution in [1.82, 2.24) is 10.2 Å². The normalized spacial score (nSPS) is 31.3. The van der Waals surface area contributed by atoms with Crippen LogP contribution in [0.2, 0.25) is 0 Å². The third kappa shape index (κ3) is 3.98. The summed E-state index contributed by atoms with van der Waals surface area (Å²) in [6, 6.07) is 1.11. The Balaban J connectivity index is 2.23. The number of hydrogen-bond acceptors (Lipinski definition) is 4. The van der Waals surface area contributed by atoms with Crippen molar-refractivity contribution in [3.8, 4) is 0 Å². The molecule has 5 nitrogen and oxygen atoms in total. The lowest BCUT2D eigenvalue weighted by molar-refractivity contribution is 0.114. The van der Waals surface area contributed by atoms with Gasteiger partial charge < -0.3 is 20.7 Å². The molecule has 1 fully saturated rings. The molecular weight excluding hydrogens is 206 g/mol. The number of likely N-dealkylation sites (tertiary alicyclic amines) is 1. The van der Waals surface area contributed by atoms with E-state index in [9.17, 15) is 4.79 Å². The molecule has 0 aliphatic carbocycles. The molecule has 3 N–H and O–H groups in total. The van der Waals surface area contributed by atoms with Crippen molar-refractivity contribution in [2.75, 3.05) is 26.7 Å². The summed E-state index contributed by atoms with van der Waals surface area (Å²) in [5.41, 5.74) is 4.88. The maximum Gasteiger partial charge on any atom is 0.404 e. The highest BCUT2D eigenvalue weighted by Crippen LogP contribution is 2.20. The fourth-order valence-electron chi connectivity index (χ4n) is 2.22. The summed E-state index contributed by atoms with van der Waals surface area (Å²) < 4.78 is 4.68. The quantitative estimate of drug-likeness (QED) is 0.685. The average molecular weight is 229 g/mol. The summed E-state index contributed by atoms with van der Waals surface area (Å²) in [5, 5.41) is 3.42. The number of primary amides is 1. The monoisotopic (exact) mass is 229 g/mol. The lowest BCUT2D eigenvalue weighted by atomic mass is 9.90. The number of rotatable bonds is 4. The van der Waals surface area contributed by atoms with E-state index in [4.69, 9.17) is 5.73 Å². The molecule has 0 radical (unpaired) electrons. The van der Waals surface area contributed by atoms with Crippen LogP contribution in [0.5, 0.6) is 0 Å². The molecule has 16 heavy (non-hydrogen) atoms. The summed E-state index contributed by atoms with van der Waals surface area (Å²) in [6.07, 6.45) is 0.431. The summed E-state index contributed by atoms with van der Waals surface area (Å²) >= 11 is 0. The molecule has 0 spiro atoms. The molecule has 1 rings (SSSR count). The van der Waals surface area contributed by atoms with Crippen molar-refractivity contribution in [1.29, 1.82) is 0 Å². The van der Waals surface area contributed by atoms with Crippen LogP contribution in [-0.4, -0.2) is 49.8 Å². The van der Waals surface area contributed by atoms with Crippen LogP contribution < -0.4 is 11.1 Å². The number of nitrogens with two attached hydrogens (primary N) is 1. The van der Waals surface area contributed by atoms with Gasteiger partial charge in [0.05, 0.1) is 0 Å². The van der Waals surface area contributed by atoms with Crippen LogP contribution in [0.4, 0.5) is 4.79 Å². The van der Waals surface area contributed by atoms with Crippen LogP contribution in [0.15, 0.2) is 0 Å². The molecule has 1 amide bonds. The second-order valence-electron chi connectivity index (χ2n) is 4.73. The second kappa shape index (κ2) is 6.06. The Kier molecular flexibility index (Phi) is 5.02. The highest BCUT2D eigenvalue weighted by Gasteiger charge is 2.28. The number of nitrogens with one attached hydrogen (secondary N) is 1. The van der Waals surface area contributed by atoms with E-state index in [-0.39, 0.29) is 0 Å². The van der Waals surface area contributed by atoms with Gasteiger partial charge in [0.1, 0.15) is 6.61 Å². The third-order valence-electron chi connectivity index (χ3n) is 3.36. The minimum absolute atomic E-state index is 0.350. The molecule has 0 aromatic carbocycles. The van der Waals surface area contributed by atoms with E-state index in [1.54, 1.807) is 0 Å². The standard InChI is InChI=1S/C11H23N3O2/c1-8-7-14(3)9(2)6-10(8)13-4-5-16-11(12)15/h8-10,13H,4-7H2,1-3H3,(H2,12,15). The van der Waals surface area contributed by atoms with Gasteiger partial charge >= 0.3 is 6.09 Å². The highest BCUT2D eigenvalue weighted by atomic mass is 16.5. The number of ether oxygens (including phenoxy) is 1. The fraction of sp³-hybridized carbons (Fsp3) is 0.909. The topological polar surface area (TPSA) is 67.6 Å². The zero-order valence-electron chi connectivity index (χ0n) is 10.4. The fourth-order valence-corrected chi connectivity index (χ4v) is 2.22. The van der Waals surface area contributed by atoms with E-state index in [0.29, 0.717) is 31.2 Å². The zero-order chi connectivity index (χ0) is 12.1. The first-order valence-electron chi connectivity index (χ1n) is 5.86. The van der Waals surface area contributed by atoms with Crippen molar-refractivity contribution < 1.29 is 9.53 Å². The SMILES string of the molecule is CC1CN(C)C(C)CC1NCCOC(N)=O. The van der Waals surface area contributed by atoms with Crippen LogP contribution in [0.1, 0.15) is 20.3 Å². The van der Waals surface area contributed by atoms with Gasteiger partial charge in [0.2, 0.25) is 0 Å². The highest BCUT2D eigenvalue weighted by molar-refractivity contribution is 5.64. The second-order valence-corrected chi connectivity index (χ2v) is 4.73. The molecule has 0 aromatic rings. The first-order valence-corrected chi connectivity index (χ1v) is 5.86. The van der Waals surface area contributed by atoms with Crippen LogP contribution in [0.3, 0.4) is 0 Å². The van der Waals surface area contributed by atoms with Gasteiger partial charge in [-0.3, -0.25) is 0 Å². The van der Waals surface area contributed by atoms with Crippen molar-refractivity contribution in [3.63, 3.8) is 0 Å². The van der Waals surface area contributed by atoms with Gasteiger partial charge in [-0.05, 0) is 26.3 Å². The molecule has 3 unspecified atom stereocenters. The maximum absolute atomic E-state index is 10.4. The molecule has 1 aliphatic rings. The first kappa shape index (κ1) is 13.3. The van der Waals surface area contributed by atoms with Crippen molar-refractivity contribution >= 4 is 6.09 Å². The Labute approximate surface area is 97.3 Å². The van der Waals surface area contributed by atoms with Crippen molar-refractivity contribution in [2.45, 2.75) is 32.4 Å². The number of piperidine rings is 1. The average Bonchev–Trinajstić information content (AvgIpc) is 2.19. The zero-order valence-corrected chi connectivity index (χ0v) is 10.4. The number of amides is 1. The molecule has 0 bridgehead atoms. The number of hydrogen-bond donors (Lipinski definition) is 2. The first-order chi connectivity index (χ1) is 7.50. The largest absolute Gasteiger partial charge is 0.448 e. The van der Waals surface area contributed by atoms with Gasteiger partial charge in [-0.2, -0.15) is 0 Å². The lowest BCUT2D eigenvalue weighted by Crippen LogP contribution is -2.51. The number of nitrogens with zero attached hydrogens (tertiary/aromatic N) is 1. The predicted molar refractivity (Wildman–Crippen MR) is 63.2 cm³/mol. The predicted octanol–water partition coefficient (Wildman–Crippen LogP) is 0.400. The van der Waals surface area contributed by atoms with E-state index in [1.165, 1.54) is 0 Å². The summed E-state index contributed by atoms with van der Waals surface area (Å²) in [7, 11) is 2.16. The Morgan fingerprint density at radius 2 is 2.25 bits per heavy atom. The van der Waals surface area contributed by atoms with E-state index in [0.717, 1.165) is 13.0 Å². The summed E-state index contributed by atoms with van der Waals surface area (Å²) in [5.74, 6) is 0.620. The van der Waals surface area contributed by atoms with E-state index >= 15 is 0 Å². The minimum Gasteiger partial charge on any atom is -0.448 e. The van der Waals surface area contributed by atoms with Gasteiger partial charge in [-0.1, -0.05) is 6.92 Å². The van der Waals surface area contributed by atoms with Gasteiger partial charge in [0.25, 0.3) is 0 Å². The maximum atomic E-state index is 10.4. The van der Waals surface area contributed by atoms with E-state index in [1.807, 2.05) is 0 Å². The molecule has 1 saturated heterocycles. The van der Waals surface area contributed by atoms with E-state index < -0.39 is 6.09 Å². The molecule has 0 saturated carbocycles. The summed E-state index contributed by atoms with van der Waals surface area (Å²) in [4.78, 5) is 12.8. The molecule has 1 heterocycles. The third-order valence-corrected chi connectivity index (χ3v) is 3.36. The van der Waals surface area contributed by atoms with Crippen LogP contribution in [0.25, 0.3) is 0 Å². The van der Waals surface area contributed by atoms with Gasteiger partial charge in [0, 0.05) is 25.2 Å². The Hall–Kier alpha value is -0.810. The van der Waals surface area contributed by atoms with Crippen molar-refractivity contribution in [2.24, 2.45) is 11.7 Å². The Morgan fingerprint density at radius 3 is 2.88 bits per heavy atom. The summed E-state index contributed by atoms with van der Waals surface area (Å²) in [6.45, 7) is 6.61. The molecule has 0 aromatic heterocycles. The van der Waals surface area contributed by atoms with Gasteiger partial charge in [-0.15, -0.1) is 0 Å². The molecule has 5 heteroatoms. The van der Waals surface area contributed by atoms with Gasteiger partial charge in [-0.25, -0.2) is 4.79 Å². The van der Waals surface area contributed by atoms with Crippen LogP contribution in [0, 0.1) is 5.92 Å². The Bertz CT molecular complexity index is 235. The number of carbonyl (C=O) groups is 1. The molecule has 1 aliphatic heterocycles. The molecule has 3 atom stereocenters. The van der Waals surface area contributed by atoms with Gasteiger partial charge in [0.15, 0.2) is 0 Å². The smallest absolute Gasteiger partial charge is 0.404 e. The van der Waals surface area contributed by atoms with Crippen LogP contribution in [-0.2, 0) is 4.74 Å². The number of carbonyl (C=O) groups excluding carboxylic acids is 1. The van der Waals surface area contributed by atoms with Crippen molar-refractivity contribution in [3.05, 3.63) is 0 Å². The van der Waals surface area contributed by atoms with Crippen LogP contribution >= 0.6 is 0 Å². The lowest BCUT2D eigenvalue weighted by Gasteiger charge is -2.40.